The molecule has 15 heteroatoms. The van der Waals surface area contributed by atoms with Crippen LogP contribution in [0.1, 0.15) is 18.1 Å². The average molecular weight is 639 g/mol. The lowest BCUT2D eigenvalue weighted by Crippen LogP contribution is -2.65. The quantitative estimate of drug-likeness (QED) is 0.0862. The molecule has 10 atom stereocenters. The molecule has 2 aromatic carbocycles. The minimum Gasteiger partial charge on any atom is -0.504 e. The van der Waals surface area contributed by atoms with Gasteiger partial charge in [0.05, 0.1) is 26.4 Å². The summed E-state index contributed by atoms with van der Waals surface area (Å²) < 4.78 is 33.3. The first-order chi connectivity index (χ1) is 21.4. The summed E-state index contributed by atoms with van der Waals surface area (Å²) in [6, 6.07) is 8.60. The summed E-state index contributed by atoms with van der Waals surface area (Å²) in [6.07, 6.45) is -12.4. The second-order valence-electron chi connectivity index (χ2n) is 10.6. The van der Waals surface area contributed by atoms with E-state index in [1.165, 1.54) is 44.4 Å². The van der Waals surface area contributed by atoms with E-state index >= 15 is 0 Å². The zero-order chi connectivity index (χ0) is 32.8. The van der Waals surface area contributed by atoms with Gasteiger partial charge in [0.2, 0.25) is 0 Å². The van der Waals surface area contributed by atoms with Crippen molar-refractivity contribution in [2.75, 3.05) is 20.3 Å². The van der Waals surface area contributed by atoms with Crippen molar-refractivity contribution in [2.45, 2.75) is 74.8 Å². The number of esters is 1. The van der Waals surface area contributed by atoms with Gasteiger partial charge in [-0.15, -0.1) is 0 Å². The number of hydrogen-bond acceptors (Lipinski definition) is 15. The molecule has 0 aromatic heterocycles. The number of aliphatic hydroxyl groups is 5. The number of aromatic hydroxyl groups is 3. The Kier molecular flexibility index (Phi) is 11.6. The van der Waals surface area contributed by atoms with Crippen LogP contribution in [0.5, 0.6) is 23.0 Å². The molecule has 0 bridgehead atoms. The lowest BCUT2D eigenvalue weighted by molar-refractivity contribution is -0.357. The molecule has 2 aliphatic rings. The van der Waals surface area contributed by atoms with Gasteiger partial charge < -0.3 is 69.3 Å². The van der Waals surface area contributed by atoms with Crippen molar-refractivity contribution < 1.29 is 74.1 Å². The monoisotopic (exact) mass is 638 g/mol. The van der Waals surface area contributed by atoms with Gasteiger partial charge in [-0.3, -0.25) is 0 Å². The third kappa shape index (κ3) is 8.21. The van der Waals surface area contributed by atoms with E-state index < -0.39 is 74.0 Å². The maximum Gasteiger partial charge on any atom is 0.331 e. The molecule has 45 heavy (non-hydrogen) atoms. The Morgan fingerprint density at radius 3 is 2.29 bits per heavy atom. The fraction of sp³-hybridized carbons (Fsp3) is 0.500. The fourth-order valence-corrected chi connectivity index (χ4v) is 4.92. The number of ether oxygens (including phenoxy) is 6. The van der Waals surface area contributed by atoms with Crippen LogP contribution < -0.4 is 4.74 Å². The van der Waals surface area contributed by atoms with Crippen LogP contribution >= 0.6 is 0 Å². The first kappa shape index (κ1) is 34.4. The smallest absolute Gasteiger partial charge is 0.331 e. The number of hydrogen-bond donors (Lipinski definition) is 8. The van der Waals surface area contributed by atoms with E-state index in [1.807, 2.05) is 0 Å². The molecule has 0 saturated carbocycles. The first-order valence-corrected chi connectivity index (χ1v) is 14.1. The zero-order valence-corrected chi connectivity index (χ0v) is 24.4. The Morgan fingerprint density at radius 2 is 1.62 bits per heavy atom. The van der Waals surface area contributed by atoms with Crippen LogP contribution in [0.3, 0.4) is 0 Å². The Hall–Kier alpha value is -3.51. The molecular weight excluding hydrogens is 600 g/mol. The van der Waals surface area contributed by atoms with Crippen molar-refractivity contribution in [1.82, 2.24) is 0 Å². The summed E-state index contributed by atoms with van der Waals surface area (Å²) in [6.45, 7) is 0.640. The number of carbonyl (C=O) groups excluding carboxylic acids is 1. The van der Waals surface area contributed by atoms with E-state index in [-0.39, 0.29) is 36.0 Å². The van der Waals surface area contributed by atoms with Crippen molar-refractivity contribution >= 4 is 12.0 Å². The maximum absolute atomic E-state index is 12.9. The number of carbonyl (C=O) groups is 1. The summed E-state index contributed by atoms with van der Waals surface area (Å²) in [4.78, 5) is 12.9. The molecule has 4 rings (SSSR count). The Labute approximate surface area is 258 Å². The first-order valence-electron chi connectivity index (χ1n) is 14.1. The average Bonchev–Trinajstić information content (AvgIpc) is 3.02. The summed E-state index contributed by atoms with van der Waals surface area (Å²) in [5, 5.41) is 81.5. The van der Waals surface area contributed by atoms with Gasteiger partial charge in [-0.2, -0.15) is 0 Å². The zero-order valence-electron chi connectivity index (χ0n) is 24.4. The Balaban J connectivity index is 1.52. The highest BCUT2D eigenvalue weighted by Gasteiger charge is 2.52. The molecule has 15 nitrogen and oxygen atoms in total. The van der Waals surface area contributed by atoms with Gasteiger partial charge in [0.1, 0.15) is 36.6 Å². The van der Waals surface area contributed by atoms with E-state index in [9.17, 15) is 45.6 Å². The van der Waals surface area contributed by atoms with E-state index in [1.54, 1.807) is 12.1 Å². The van der Waals surface area contributed by atoms with Gasteiger partial charge >= 0.3 is 5.97 Å². The number of phenolic OH excluding ortho intramolecular Hbond substituents is 3. The topological polar surface area (TPSA) is 234 Å². The maximum atomic E-state index is 12.9. The largest absolute Gasteiger partial charge is 0.504 e. The molecule has 2 aliphatic heterocycles. The normalized spacial score (nSPS) is 32.0. The predicted molar refractivity (Wildman–Crippen MR) is 152 cm³/mol. The van der Waals surface area contributed by atoms with Gasteiger partial charge in [0, 0.05) is 6.08 Å². The number of phenols is 3. The molecule has 248 valence electrons. The molecule has 2 heterocycles. The highest BCUT2D eigenvalue weighted by Crippen LogP contribution is 2.32. The number of benzene rings is 2. The van der Waals surface area contributed by atoms with Crippen molar-refractivity contribution in [3.8, 4) is 23.0 Å². The SMILES string of the molecule is COc1ccc(/C=C/C(=O)O[C@H]2[C@H](O[C@@H]3O[C@@H](C)[C@H](O)[C@@H](O)[C@H]3O)[C@@H](O)[C@H](OCCc3ccc(O)c(O)c3)O[C@@H]2CO)cc1O. The van der Waals surface area contributed by atoms with Crippen LogP contribution in [-0.4, -0.2) is 129 Å². The fourth-order valence-electron chi connectivity index (χ4n) is 4.92. The van der Waals surface area contributed by atoms with Crippen LogP contribution in [0, 0.1) is 0 Å². The molecule has 2 saturated heterocycles. The van der Waals surface area contributed by atoms with E-state index in [2.05, 4.69) is 0 Å². The van der Waals surface area contributed by atoms with E-state index in [4.69, 9.17) is 28.4 Å². The van der Waals surface area contributed by atoms with Crippen LogP contribution in [0.25, 0.3) is 6.08 Å². The standard InChI is InChI=1S/C30H38O15/c1-14-23(36)24(37)25(38)30(42-14)45-28-26(39)29(41-10-9-16-3-6-17(32)18(33)11-16)43-21(13-31)27(28)44-22(35)8-5-15-4-7-20(40-2)19(34)12-15/h3-8,11-12,14,21,23-34,36-39H,9-10,13H2,1-2H3/b8-5+/t14-,21+,23-,24+,25+,26+,27+,28+,29+,30-/m0/s1. The third-order valence-electron chi connectivity index (χ3n) is 7.47. The molecule has 0 unspecified atom stereocenters. The van der Waals surface area contributed by atoms with Gasteiger partial charge in [0.25, 0.3) is 0 Å². The van der Waals surface area contributed by atoms with Crippen molar-refractivity contribution in [3.05, 3.63) is 53.6 Å². The third-order valence-corrected chi connectivity index (χ3v) is 7.47. The number of rotatable bonds is 11. The minimum atomic E-state index is -1.76. The van der Waals surface area contributed by atoms with Crippen LogP contribution in [0.15, 0.2) is 42.5 Å². The minimum absolute atomic E-state index is 0.0663. The van der Waals surface area contributed by atoms with Gasteiger partial charge in [-0.1, -0.05) is 12.1 Å². The summed E-state index contributed by atoms with van der Waals surface area (Å²) >= 11 is 0. The summed E-state index contributed by atoms with van der Waals surface area (Å²) in [5.41, 5.74) is 1.01. The Bertz CT molecular complexity index is 1320. The second-order valence-corrected chi connectivity index (χ2v) is 10.6. The molecule has 0 aliphatic carbocycles. The van der Waals surface area contributed by atoms with Crippen LogP contribution in [0.2, 0.25) is 0 Å². The lowest BCUT2D eigenvalue weighted by Gasteiger charge is -2.46. The Morgan fingerprint density at radius 1 is 0.867 bits per heavy atom. The van der Waals surface area contributed by atoms with Gasteiger partial charge in [0.15, 0.2) is 41.7 Å². The van der Waals surface area contributed by atoms with Crippen LogP contribution in [0.4, 0.5) is 0 Å². The molecule has 0 amide bonds. The highest BCUT2D eigenvalue weighted by atomic mass is 16.7. The molecule has 2 fully saturated rings. The van der Waals surface area contributed by atoms with E-state index in [0.717, 1.165) is 6.08 Å². The van der Waals surface area contributed by atoms with Crippen LogP contribution in [-0.2, 0) is 34.9 Å². The second kappa shape index (κ2) is 15.2. The lowest BCUT2D eigenvalue weighted by atomic mass is 9.97. The molecule has 8 N–H and O–H groups in total. The van der Waals surface area contributed by atoms with E-state index in [0.29, 0.717) is 11.1 Å². The number of aliphatic hydroxyl groups excluding tert-OH is 5. The molecule has 0 spiro atoms. The number of methoxy groups -OCH3 is 1. The van der Waals surface area contributed by atoms with Gasteiger partial charge in [-0.05, 0) is 54.8 Å². The van der Waals surface area contributed by atoms with Crippen molar-refractivity contribution in [3.63, 3.8) is 0 Å². The summed E-state index contributed by atoms with van der Waals surface area (Å²) in [7, 11) is 1.39. The highest BCUT2D eigenvalue weighted by molar-refractivity contribution is 5.87. The predicted octanol–water partition coefficient (Wildman–Crippen LogP) is -0.713. The molecule has 2 aromatic rings. The van der Waals surface area contributed by atoms with Gasteiger partial charge in [-0.25, -0.2) is 4.79 Å². The summed E-state index contributed by atoms with van der Waals surface area (Å²) in [5.74, 6) is -1.51. The van der Waals surface area contributed by atoms with Crippen molar-refractivity contribution in [1.29, 1.82) is 0 Å². The molecule has 0 radical (unpaired) electrons. The van der Waals surface area contributed by atoms with Crippen molar-refractivity contribution in [2.24, 2.45) is 0 Å². The molecular formula is C30H38O15.